The molecule has 4 nitrogen and oxygen atoms in total. The van der Waals surface area contributed by atoms with Gasteiger partial charge < -0.3 is 4.72 Å². The van der Waals surface area contributed by atoms with Gasteiger partial charge in [0.15, 0.2) is 0 Å². The number of nitrogens with zero attached hydrogens (tertiary/aromatic N) is 2. The lowest BCUT2D eigenvalue weighted by Gasteiger charge is -2.13. The van der Waals surface area contributed by atoms with E-state index in [-0.39, 0.29) is 5.82 Å². The molecule has 1 aromatic heterocycles. The first kappa shape index (κ1) is 16.5. The summed E-state index contributed by atoms with van der Waals surface area (Å²) in [5.41, 5.74) is 4.15. The van der Waals surface area contributed by atoms with Crippen molar-refractivity contribution < 1.29 is 8.60 Å². The molecule has 0 radical (unpaired) electrons. The van der Waals surface area contributed by atoms with Gasteiger partial charge in [0.05, 0.1) is 26.9 Å². The molecule has 4 rings (SSSR count). The van der Waals surface area contributed by atoms with Gasteiger partial charge in [-0.05, 0) is 53.9 Å². The Morgan fingerprint density at radius 3 is 2.81 bits per heavy atom. The van der Waals surface area contributed by atoms with Crippen LogP contribution < -0.4 is 4.72 Å². The fourth-order valence-corrected chi connectivity index (χ4v) is 4.10. The highest BCUT2D eigenvalue weighted by Crippen LogP contribution is 2.26. The molecule has 0 aliphatic carbocycles. The Morgan fingerprint density at radius 1 is 1.12 bits per heavy atom. The molecule has 130 valence electrons. The number of aromatic nitrogens is 1. The number of pyridine rings is 1. The van der Waals surface area contributed by atoms with Gasteiger partial charge in [0.2, 0.25) is 0 Å². The number of hydrogen-bond donors (Lipinski definition) is 1. The first-order chi connectivity index (χ1) is 12.5. The van der Waals surface area contributed by atoms with Gasteiger partial charge in [-0.25, -0.2) is 8.60 Å². The summed E-state index contributed by atoms with van der Waals surface area (Å²) in [6.45, 7) is 0.460. The van der Waals surface area contributed by atoms with Crippen molar-refractivity contribution in [2.45, 2.75) is 11.4 Å². The largest absolute Gasteiger partial charge is 0.309 e. The number of anilines is 1. The van der Waals surface area contributed by atoms with Gasteiger partial charge in [-0.3, -0.25) is 9.98 Å². The summed E-state index contributed by atoms with van der Waals surface area (Å²) in [6, 6.07) is 15.6. The third-order valence-electron chi connectivity index (χ3n) is 4.16. The number of aliphatic imine (C=N–C) groups is 1. The second-order valence-corrected chi connectivity index (χ2v) is 8.04. The van der Waals surface area contributed by atoms with Crippen LogP contribution in [0.5, 0.6) is 0 Å². The molecule has 1 unspecified atom stereocenters. The van der Waals surface area contributed by atoms with Crippen molar-refractivity contribution in [1.29, 1.82) is 0 Å². The van der Waals surface area contributed by atoms with E-state index in [0.29, 0.717) is 17.1 Å². The van der Waals surface area contributed by atoms with Crippen LogP contribution in [0.15, 0.2) is 76.9 Å². The third-order valence-corrected chi connectivity index (χ3v) is 5.73. The predicted octanol–water partition coefficient (Wildman–Crippen LogP) is 3.67. The molecule has 1 aliphatic heterocycles. The van der Waals surface area contributed by atoms with E-state index in [0.717, 1.165) is 22.4 Å². The molecule has 1 N–H and O–H groups in total. The summed E-state index contributed by atoms with van der Waals surface area (Å²) in [7, 11) is -2.72. The molecule has 0 fully saturated rings. The summed E-state index contributed by atoms with van der Waals surface area (Å²) in [5.74, 6) is 3.55. The van der Waals surface area contributed by atoms with E-state index in [4.69, 9.17) is 0 Å². The quantitative estimate of drug-likeness (QED) is 0.717. The lowest BCUT2D eigenvalue weighted by atomic mass is 10.00. The molecule has 0 amide bonds. The summed E-state index contributed by atoms with van der Waals surface area (Å²) < 4.78 is 29.3. The number of nitrogens with one attached hydrogen (secondary N) is 1. The summed E-state index contributed by atoms with van der Waals surface area (Å²) in [4.78, 5) is 9.06. The van der Waals surface area contributed by atoms with Crippen LogP contribution in [0.2, 0.25) is 0 Å². The molecule has 3 aromatic rings. The van der Waals surface area contributed by atoms with Crippen LogP contribution in [0.1, 0.15) is 16.7 Å². The van der Waals surface area contributed by atoms with Crippen molar-refractivity contribution >= 4 is 27.0 Å². The smallest absolute Gasteiger partial charge is 0.123 e. The van der Waals surface area contributed by atoms with Gasteiger partial charge in [-0.2, -0.15) is 0 Å². The zero-order valence-corrected chi connectivity index (χ0v) is 14.7. The monoisotopic (exact) mass is 365 g/mol. The molecule has 1 aliphatic rings. The molecule has 0 saturated heterocycles. The van der Waals surface area contributed by atoms with Crippen LogP contribution in [0.25, 0.3) is 0 Å². The van der Waals surface area contributed by atoms with Crippen LogP contribution in [0, 0.1) is 5.82 Å². The molecule has 2 aromatic carbocycles. The molecular formula is C20H16FN3OS. The van der Waals surface area contributed by atoms with E-state index in [2.05, 4.69) is 20.6 Å². The van der Waals surface area contributed by atoms with E-state index in [1.807, 2.05) is 24.3 Å². The molecule has 26 heavy (non-hydrogen) atoms. The fourth-order valence-electron chi connectivity index (χ4n) is 2.94. The minimum atomic E-state index is -2.72. The minimum absolute atomic E-state index is 0.260. The molecule has 0 saturated carbocycles. The van der Waals surface area contributed by atoms with Crippen LogP contribution in [-0.2, 0) is 16.3 Å². The van der Waals surface area contributed by atoms with E-state index in [1.165, 1.54) is 18.3 Å². The van der Waals surface area contributed by atoms with E-state index in [1.54, 1.807) is 24.4 Å². The van der Waals surface area contributed by atoms with Crippen molar-refractivity contribution in [2.75, 3.05) is 4.72 Å². The molecule has 1 atom stereocenters. The lowest BCUT2D eigenvalue weighted by Crippen LogP contribution is -2.13. The van der Waals surface area contributed by atoms with Crippen molar-refractivity contribution in [3.8, 4) is 0 Å². The third kappa shape index (κ3) is 3.11. The van der Waals surface area contributed by atoms with Gasteiger partial charge in [0, 0.05) is 29.2 Å². The van der Waals surface area contributed by atoms with Crippen LogP contribution in [-0.4, -0.2) is 20.8 Å². The summed E-state index contributed by atoms with van der Waals surface area (Å²) in [5, 5.41) is 0. The normalized spacial score (nSPS) is 15.0. The molecule has 2 heterocycles. The van der Waals surface area contributed by atoms with E-state index < -0.39 is 9.71 Å². The number of halogens is 1. The van der Waals surface area contributed by atoms with Crippen LogP contribution in [0.3, 0.4) is 0 Å². The average Bonchev–Trinajstić information content (AvgIpc) is 3.05. The first-order valence-electron chi connectivity index (χ1n) is 8.02. The number of rotatable bonds is 4. The van der Waals surface area contributed by atoms with Gasteiger partial charge in [-0.15, -0.1) is 0 Å². The molecular weight excluding hydrogens is 349 g/mol. The highest BCUT2D eigenvalue weighted by molar-refractivity contribution is 8.01. The maximum Gasteiger partial charge on any atom is 0.123 e. The Kier molecular flexibility index (Phi) is 4.05. The number of hydrogen-bond acceptors (Lipinski definition) is 3. The zero-order valence-electron chi connectivity index (χ0n) is 13.9. The van der Waals surface area contributed by atoms with E-state index in [9.17, 15) is 8.60 Å². The second-order valence-electron chi connectivity index (χ2n) is 6.01. The Morgan fingerprint density at radius 2 is 2.00 bits per heavy atom. The Bertz CT molecular complexity index is 1110. The highest BCUT2D eigenvalue weighted by Gasteiger charge is 2.18. The van der Waals surface area contributed by atoms with Crippen LogP contribution >= 0.6 is 0 Å². The van der Waals surface area contributed by atoms with Crippen molar-refractivity contribution in [1.82, 2.24) is 4.98 Å². The molecule has 6 heteroatoms. The maximum atomic E-state index is 13.4. The molecule has 0 spiro atoms. The minimum Gasteiger partial charge on any atom is -0.309 e. The van der Waals surface area contributed by atoms with Crippen molar-refractivity contribution in [3.63, 3.8) is 0 Å². The second kappa shape index (κ2) is 6.38. The highest BCUT2D eigenvalue weighted by atomic mass is 32.2. The zero-order chi connectivity index (χ0) is 18.1. The van der Waals surface area contributed by atoms with Crippen molar-refractivity contribution in [3.05, 3.63) is 89.5 Å². The Labute approximate surface area is 151 Å². The van der Waals surface area contributed by atoms with Gasteiger partial charge >= 0.3 is 0 Å². The van der Waals surface area contributed by atoms with Crippen molar-refractivity contribution in [2.24, 2.45) is 4.99 Å². The van der Waals surface area contributed by atoms with Gasteiger partial charge in [-0.1, -0.05) is 12.1 Å². The fraction of sp³-hybridized carbons (Fsp3) is 0.0500. The number of fused-ring (bicyclic) bond motifs is 1. The Balaban J connectivity index is 1.65. The summed E-state index contributed by atoms with van der Waals surface area (Å²) in [6.07, 6.45) is 3.16. The standard InChI is InChI=1S/C20H16FN3OS/c1-26(25,18-6-3-9-22-13-18)24-17-5-2-4-14(11-17)20-19-8-7-16(21)10-15(19)12-23-20/h2-11,13H,1,12H2,(H,24,25). The SMILES string of the molecule is C=S(=O)(Nc1cccc(C2=NCc3cc(F)ccc32)c1)c1cccnc1. The first-order valence-corrected chi connectivity index (χ1v) is 9.74. The topological polar surface area (TPSA) is 54.4 Å². The lowest BCUT2D eigenvalue weighted by molar-refractivity contribution is 0.626. The van der Waals surface area contributed by atoms with Crippen LogP contribution in [0.4, 0.5) is 10.1 Å². The van der Waals surface area contributed by atoms with E-state index >= 15 is 0 Å². The summed E-state index contributed by atoms with van der Waals surface area (Å²) >= 11 is 0. The van der Waals surface area contributed by atoms with Gasteiger partial charge in [0.1, 0.15) is 5.82 Å². The average molecular weight is 365 g/mol. The predicted molar refractivity (Wildman–Crippen MR) is 104 cm³/mol. The number of benzene rings is 2. The van der Waals surface area contributed by atoms with Gasteiger partial charge in [0.25, 0.3) is 0 Å². The Hall–Kier alpha value is -2.99. The molecule has 0 bridgehead atoms. The maximum absolute atomic E-state index is 13.4.